The third-order valence-electron chi connectivity index (χ3n) is 3.77. The molecule has 0 aromatic heterocycles. The van der Waals surface area contributed by atoms with Crippen LogP contribution in [0.1, 0.15) is 31.9 Å². The molecule has 0 saturated carbocycles. The first-order valence-electron chi connectivity index (χ1n) is 7.75. The van der Waals surface area contributed by atoms with Gasteiger partial charge in [0.05, 0.1) is 6.07 Å². The van der Waals surface area contributed by atoms with Gasteiger partial charge in [0.1, 0.15) is 6.04 Å². The van der Waals surface area contributed by atoms with Crippen LogP contribution in [-0.4, -0.2) is 45.2 Å². The molecule has 0 fully saturated rings. The van der Waals surface area contributed by atoms with Gasteiger partial charge in [0.2, 0.25) is 0 Å². The highest BCUT2D eigenvalue weighted by Crippen LogP contribution is 2.17. The molecular formula is C17H28N4. The number of hydrogen-bond acceptors (Lipinski definition) is 4. The summed E-state index contributed by atoms with van der Waals surface area (Å²) in [5.41, 5.74) is 2.18. The van der Waals surface area contributed by atoms with E-state index in [1.807, 2.05) is 26.2 Å². The Hall–Kier alpha value is -1.57. The van der Waals surface area contributed by atoms with Crippen molar-refractivity contribution in [3.63, 3.8) is 0 Å². The molecule has 1 rings (SSSR count). The monoisotopic (exact) mass is 288 g/mol. The summed E-state index contributed by atoms with van der Waals surface area (Å²) in [6.07, 6.45) is 1.07. The molecule has 0 heterocycles. The van der Waals surface area contributed by atoms with E-state index in [9.17, 15) is 5.26 Å². The molecule has 0 saturated heterocycles. The molecule has 0 aliphatic rings. The SMILES string of the molecule is CCN(CC)CCCNC(C#N)c1ccc(N(C)C)cc1. The van der Waals surface area contributed by atoms with Crippen molar-refractivity contribution < 1.29 is 0 Å². The topological polar surface area (TPSA) is 42.3 Å². The number of nitrogens with one attached hydrogen (secondary N) is 1. The van der Waals surface area contributed by atoms with Gasteiger partial charge in [-0.3, -0.25) is 5.32 Å². The second-order valence-corrected chi connectivity index (χ2v) is 5.38. The van der Waals surface area contributed by atoms with E-state index in [0.29, 0.717) is 0 Å². The van der Waals surface area contributed by atoms with Crippen molar-refractivity contribution in [1.82, 2.24) is 10.2 Å². The zero-order valence-electron chi connectivity index (χ0n) is 13.8. The highest BCUT2D eigenvalue weighted by atomic mass is 15.1. The molecular weight excluding hydrogens is 260 g/mol. The first kappa shape index (κ1) is 17.5. The predicted octanol–water partition coefficient (Wildman–Crippen LogP) is 2.64. The summed E-state index contributed by atoms with van der Waals surface area (Å²) in [6, 6.07) is 10.3. The second-order valence-electron chi connectivity index (χ2n) is 5.38. The molecule has 0 radical (unpaired) electrons. The Morgan fingerprint density at radius 2 is 1.76 bits per heavy atom. The molecule has 1 aromatic rings. The van der Waals surface area contributed by atoms with E-state index in [-0.39, 0.29) is 6.04 Å². The Morgan fingerprint density at radius 1 is 1.14 bits per heavy atom. The lowest BCUT2D eigenvalue weighted by molar-refractivity contribution is 0.297. The van der Waals surface area contributed by atoms with Crippen LogP contribution in [0.15, 0.2) is 24.3 Å². The van der Waals surface area contributed by atoms with Crippen LogP contribution in [0, 0.1) is 11.3 Å². The van der Waals surface area contributed by atoms with Gasteiger partial charge in [0.25, 0.3) is 0 Å². The van der Waals surface area contributed by atoms with E-state index in [4.69, 9.17) is 0 Å². The van der Waals surface area contributed by atoms with Gasteiger partial charge >= 0.3 is 0 Å². The number of anilines is 1. The lowest BCUT2D eigenvalue weighted by Gasteiger charge is -2.19. The minimum atomic E-state index is -0.224. The lowest BCUT2D eigenvalue weighted by Crippen LogP contribution is -2.28. The number of hydrogen-bond donors (Lipinski definition) is 1. The summed E-state index contributed by atoms with van der Waals surface area (Å²) < 4.78 is 0. The number of benzene rings is 1. The Balaban J connectivity index is 2.46. The van der Waals surface area contributed by atoms with Crippen molar-refractivity contribution in [2.45, 2.75) is 26.3 Å². The fraction of sp³-hybridized carbons (Fsp3) is 0.588. The molecule has 116 valence electrons. The van der Waals surface area contributed by atoms with Crippen LogP contribution in [0.25, 0.3) is 0 Å². The maximum Gasteiger partial charge on any atom is 0.121 e. The summed E-state index contributed by atoms with van der Waals surface area (Å²) in [7, 11) is 4.03. The molecule has 0 aliphatic carbocycles. The van der Waals surface area contributed by atoms with E-state index in [2.05, 4.69) is 47.2 Å². The van der Waals surface area contributed by atoms with Crippen molar-refractivity contribution in [3.05, 3.63) is 29.8 Å². The maximum absolute atomic E-state index is 9.33. The van der Waals surface area contributed by atoms with E-state index < -0.39 is 0 Å². The quantitative estimate of drug-likeness (QED) is 0.709. The summed E-state index contributed by atoms with van der Waals surface area (Å²) in [4.78, 5) is 4.46. The zero-order chi connectivity index (χ0) is 15.7. The minimum absolute atomic E-state index is 0.224. The van der Waals surface area contributed by atoms with Gasteiger partial charge in [-0.1, -0.05) is 26.0 Å². The van der Waals surface area contributed by atoms with Gasteiger partial charge in [-0.05, 0) is 50.3 Å². The van der Waals surface area contributed by atoms with Crippen LogP contribution in [0.2, 0.25) is 0 Å². The van der Waals surface area contributed by atoms with Crippen molar-refractivity contribution in [1.29, 1.82) is 5.26 Å². The molecule has 1 unspecified atom stereocenters. The normalized spacial score (nSPS) is 12.2. The van der Waals surface area contributed by atoms with Crippen molar-refractivity contribution in [2.75, 3.05) is 45.2 Å². The Kier molecular flexibility index (Phi) is 7.81. The fourth-order valence-corrected chi connectivity index (χ4v) is 2.29. The number of rotatable bonds is 9. The zero-order valence-corrected chi connectivity index (χ0v) is 13.8. The van der Waals surface area contributed by atoms with Gasteiger partial charge in [-0.2, -0.15) is 5.26 Å². The average molecular weight is 288 g/mol. The highest BCUT2D eigenvalue weighted by molar-refractivity contribution is 5.47. The van der Waals surface area contributed by atoms with E-state index >= 15 is 0 Å². The van der Waals surface area contributed by atoms with Crippen molar-refractivity contribution in [2.24, 2.45) is 0 Å². The van der Waals surface area contributed by atoms with Crippen LogP contribution in [-0.2, 0) is 0 Å². The minimum Gasteiger partial charge on any atom is -0.378 e. The maximum atomic E-state index is 9.33. The van der Waals surface area contributed by atoms with Crippen LogP contribution >= 0.6 is 0 Å². The van der Waals surface area contributed by atoms with Gasteiger partial charge in [0.15, 0.2) is 0 Å². The Bertz CT molecular complexity index is 429. The van der Waals surface area contributed by atoms with Crippen LogP contribution in [0.4, 0.5) is 5.69 Å². The molecule has 4 heteroatoms. The first-order chi connectivity index (χ1) is 10.1. The summed E-state index contributed by atoms with van der Waals surface area (Å²) >= 11 is 0. The third kappa shape index (κ3) is 5.74. The predicted molar refractivity (Wildman–Crippen MR) is 89.5 cm³/mol. The van der Waals surface area contributed by atoms with Crippen molar-refractivity contribution in [3.8, 4) is 6.07 Å². The summed E-state index contributed by atoms with van der Waals surface area (Å²) in [5, 5.41) is 12.7. The molecule has 1 N–H and O–H groups in total. The fourth-order valence-electron chi connectivity index (χ4n) is 2.29. The average Bonchev–Trinajstić information content (AvgIpc) is 2.51. The van der Waals surface area contributed by atoms with E-state index in [0.717, 1.165) is 43.9 Å². The molecule has 0 aliphatic heterocycles. The Labute approximate surface area is 129 Å². The lowest BCUT2D eigenvalue weighted by atomic mass is 10.1. The van der Waals surface area contributed by atoms with Gasteiger partial charge in [-0.15, -0.1) is 0 Å². The molecule has 4 nitrogen and oxygen atoms in total. The molecule has 0 spiro atoms. The number of nitriles is 1. The van der Waals surface area contributed by atoms with Crippen LogP contribution in [0.5, 0.6) is 0 Å². The van der Waals surface area contributed by atoms with Crippen LogP contribution < -0.4 is 10.2 Å². The Morgan fingerprint density at radius 3 is 2.24 bits per heavy atom. The molecule has 21 heavy (non-hydrogen) atoms. The highest BCUT2D eigenvalue weighted by Gasteiger charge is 2.09. The summed E-state index contributed by atoms with van der Waals surface area (Å²) in [6.45, 7) is 8.48. The van der Waals surface area contributed by atoms with Crippen LogP contribution in [0.3, 0.4) is 0 Å². The van der Waals surface area contributed by atoms with Gasteiger partial charge in [0, 0.05) is 19.8 Å². The molecule has 1 atom stereocenters. The number of nitrogens with zero attached hydrogens (tertiary/aromatic N) is 3. The largest absolute Gasteiger partial charge is 0.378 e. The summed E-state index contributed by atoms with van der Waals surface area (Å²) in [5.74, 6) is 0. The van der Waals surface area contributed by atoms with E-state index in [1.54, 1.807) is 0 Å². The smallest absolute Gasteiger partial charge is 0.121 e. The van der Waals surface area contributed by atoms with Crippen molar-refractivity contribution >= 4 is 5.69 Å². The molecule has 0 amide bonds. The first-order valence-corrected chi connectivity index (χ1v) is 7.75. The molecule has 0 bridgehead atoms. The molecule has 1 aromatic carbocycles. The van der Waals surface area contributed by atoms with E-state index in [1.165, 1.54) is 0 Å². The third-order valence-corrected chi connectivity index (χ3v) is 3.77. The van der Waals surface area contributed by atoms with Gasteiger partial charge in [-0.25, -0.2) is 0 Å². The second kappa shape index (κ2) is 9.38. The van der Waals surface area contributed by atoms with Gasteiger partial charge < -0.3 is 9.80 Å². The standard InChI is InChI=1S/C17H28N4/c1-5-21(6-2)13-7-12-19-17(14-18)15-8-10-16(11-9-15)20(3)4/h8-11,17,19H,5-7,12-13H2,1-4H3.